The number of fused-ring (bicyclic) bond motifs is 3. The Hall–Kier alpha value is -2.98. The summed E-state index contributed by atoms with van der Waals surface area (Å²) in [6, 6.07) is 15.8. The summed E-state index contributed by atoms with van der Waals surface area (Å²) >= 11 is 6.17. The van der Waals surface area contributed by atoms with Gasteiger partial charge in [-0.3, -0.25) is 0 Å². The molecule has 1 aliphatic rings. The van der Waals surface area contributed by atoms with Crippen molar-refractivity contribution >= 4 is 28.6 Å². The van der Waals surface area contributed by atoms with Gasteiger partial charge in [-0.2, -0.15) is 9.97 Å². The number of aryl methyl sites for hydroxylation is 1. The molecule has 5 rings (SSSR count). The Morgan fingerprint density at radius 1 is 0.885 bits per heavy atom. The lowest BCUT2D eigenvalue weighted by atomic mass is 10.0. The highest BCUT2D eigenvalue weighted by Gasteiger charge is 2.16. The fourth-order valence-corrected chi connectivity index (χ4v) is 3.45. The van der Waals surface area contributed by atoms with Crippen LogP contribution in [-0.2, 0) is 6.42 Å². The highest BCUT2D eigenvalue weighted by molar-refractivity contribution is 6.28. The highest BCUT2D eigenvalue weighted by atomic mass is 35.5. The van der Waals surface area contributed by atoms with Gasteiger partial charge in [0.1, 0.15) is 11.3 Å². The van der Waals surface area contributed by atoms with Crippen LogP contribution >= 0.6 is 11.6 Å². The highest BCUT2D eigenvalue weighted by Crippen LogP contribution is 2.33. The van der Waals surface area contributed by atoms with Crippen LogP contribution in [0.5, 0.6) is 0 Å². The standard InChI is InChI=1S/C21H14ClN3O/c22-21-24-19(13-6-2-1-3-7-13)23-20(25-21)14-10-11-18-16(12-14)15-8-4-5-9-17(15)26-18/h1-4,6-8,10-12H,5,9H2. The minimum absolute atomic E-state index is 0.183. The third-order valence-corrected chi connectivity index (χ3v) is 4.69. The fourth-order valence-electron chi connectivity index (χ4n) is 3.29. The van der Waals surface area contributed by atoms with Gasteiger partial charge in [0, 0.05) is 28.5 Å². The molecule has 2 heterocycles. The van der Waals surface area contributed by atoms with E-state index in [1.165, 1.54) is 0 Å². The van der Waals surface area contributed by atoms with Crippen LogP contribution in [0.15, 0.2) is 59.0 Å². The largest absolute Gasteiger partial charge is 0.460 e. The summed E-state index contributed by atoms with van der Waals surface area (Å²) in [6.07, 6.45) is 6.26. The third-order valence-electron chi connectivity index (χ3n) is 4.52. The van der Waals surface area contributed by atoms with Crippen molar-refractivity contribution < 1.29 is 4.42 Å². The molecule has 2 aromatic carbocycles. The summed E-state index contributed by atoms with van der Waals surface area (Å²) in [4.78, 5) is 13.2. The molecule has 1 aliphatic carbocycles. The van der Waals surface area contributed by atoms with E-state index in [0.717, 1.165) is 46.3 Å². The van der Waals surface area contributed by atoms with Gasteiger partial charge in [0.2, 0.25) is 5.28 Å². The first kappa shape index (κ1) is 15.3. The lowest BCUT2D eigenvalue weighted by molar-refractivity contribution is 0.546. The molecule has 0 spiro atoms. The summed E-state index contributed by atoms with van der Waals surface area (Å²) in [6.45, 7) is 0. The van der Waals surface area contributed by atoms with Crippen LogP contribution in [-0.4, -0.2) is 15.0 Å². The van der Waals surface area contributed by atoms with E-state index < -0.39 is 0 Å². The van der Waals surface area contributed by atoms with E-state index in [2.05, 4.69) is 33.2 Å². The molecular formula is C21H14ClN3O. The SMILES string of the molecule is Clc1nc(-c2ccccc2)nc(-c2ccc3oc4c(c3c2)C=CCC4)n1. The predicted molar refractivity (Wildman–Crippen MR) is 103 cm³/mol. The number of benzene rings is 2. The van der Waals surface area contributed by atoms with E-state index in [9.17, 15) is 0 Å². The van der Waals surface area contributed by atoms with E-state index in [-0.39, 0.29) is 5.28 Å². The summed E-state index contributed by atoms with van der Waals surface area (Å²) in [5.41, 5.74) is 3.83. The lowest BCUT2D eigenvalue weighted by Crippen LogP contribution is -1.97. The fraction of sp³-hybridized carbons (Fsp3) is 0.0952. The first-order valence-electron chi connectivity index (χ1n) is 8.47. The Morgan fingerprint density at radius 2 is 1.69 bits per heavy atom. The van der Waals surface area contributed by atoms with Crippen molar-refractivity contribution in [1.82, 2.24) is 15.0 Å². The number of aromatic nitrogens is 3. The average molecular weight is 360 g/mol. The predicted octanol–water partition coefficient (Wildman–Crippen LogP) is 5.56. The quantitative estimate of drug-likeness (QED) is 0.470. The first-order chi connectivity index (χ1) is 12.8. The molecule has 0 saturated carbocycles. The van der Waals surface area contributed by atoms with Crippen molar-refractivity contribution in [3.63, 3.8) is 0 Å². The summed E-state index contributed by atoms with van der Waals surface area (Å²) < 4.78 is 5.97. The summed E-state index contributed by atoms with van der Waals surface area (Å²) in [7, 11) is 0. The molecule has 4 nitrogen and oxygen atoms in total. The normalized spacial score (nSPS) is 13.1. The van der Waals surface area contributed by atoms with Crippen LogP contribution < -0.4 is 0 Å². The van der Waals surface area contributed by atoms with Crippen molar-refractivity contribution in [3.8, 4) is 22.8 Å². The van der Waals surface area contributed by atoms with Crippen molar-refractivity contribution in [2.24, 2.45) is 0 Å². The van der Waals surface area contributed by atoms with E-state index in [0.29, 0.717) is 11.6 Å². The van der Waals surface area contributed by atoms with E-state index >= 15 is 0 Å². The zero-order valence-corrected chi connectivity index (χ0v) is 14.6. The molecule has 0 atom stereocenters. The maximum absolute atomic E-state index is 6.17. The second kappa shape index (κ2) is 6.07. The van der Waals surface area contributed by atoms with Crippen LogP contribution in [0.1, 0.15) is 17.7 Å². The second-order valence-corrected chi connectivity index (χ2v) is 6.55. The number of halogens is 1. The van der Waals surface area contributed by atoms with Gasteiger partial charge in [-0.1, -0.05) is 42.5 Å². The van der Waals surface area contributed by atoms with Crippen LogP contribution in [0, 0.1) is 0 Å². The van der Waals surface area contributed by atoms with E-state index in [4.69, 9.17) is 16.0 Å². The van der Waals surface area contributed by atoms with E-state index in [1.54, 1.807) is 0 Å². The van der Waals surface area contributed by atoms with Gasteiger partial charge in [-0.05, 0) is 36.2 Å². The second-order valence-electron chi connectivity index (χ2n) is 6.21. The molecule has 0 radical (unpaired) electrons. The molecule has 0 N–H and O–H groups in total. The summed E-state index contributed by atoms with van der Waals surface area (Å²) in [5, 5.41) is 1.26. The number of nitrogens with zero attached hydrogens (tertiary/aromatic N) is 3. The topological polar surface area (TPSA) is 51.8 Å². The molecule has 126 valence electrons. The van der Waals surface area contributed by atoms with Crippen LogP contribution in [0.3, 0.4) is 0 Å². The number of rotatable bonds is 2. The Labute approximate surface area is 155 Å². The number of hydrogen-bond donors (Lipinski definition) is 0. The van der Waals surface area contributed by atoms with Crippen molar-refractivity contribution in [3.05, 3.63) is 71.2 Å². The number of furan rings is 1. The van der Waals surface area contributed by atoms with E-state index in [1.807, 2.05) is 42.5 Å². The van der Waals surface area contributed by atoms with Gasteiger partial charge >= 0.3 is 0 Å². The minimum atomic E-state index is 0.183. The molecule has 0 bridgehead atoms. The maximum atomic E-state index is 6.17. The van der Waals surface area contributed by atoms with Crippen LogP contribution in [0.2, 0.25) is 5.28 Å². The lowest BCUT2D eigenvalue weighted by Gasteiger charge is -2.05. The van der Waals surface area contributed by atoms with Crippen molar-refractivity contribution in [1.29, 1.82) is 0 Å². The molecule has 4 aromatic rings. The smallest absolute Gasteiger partial charge is 0.226 e. The molecule has 0 aliphatic heterocycles. The Bertz CT molecular complexity index is 1150. The van der Waals surface area contributed by atoms with Gasteiger partial charge in [0.05, 0.1) is 0 Å². The number of hydrogen-bond acceptors (Lipinski definition) is 4. The molecule has 2 aromatic heterocycles. The van der Waals surface area contributed by atoms with Gasteiger partial charge in [0.15, 0.2) is 11.6 Å². The number of allylic oxidation sites excluding steroid dienone is 1. The minimum Gasteiger partial charge on any atom is -0.460 e. The van der Waals surface area contributed by atoms with Gasteiger partial charge in [-0.25, -0.2) is 4.98 Å². The molecule has 0 unspecified atom stereocenters. The monoisotopic (exact) mass is 359 g/mol. The zero-order chi connectivity index (χ0) is 17.5. The maximum Gasteiger partial charge on any atom is 0.226 e. The van der Waals surface area contributed by atoms with Crippen molar-refractivity contribution in [2.75, 3.05) is 0 Å². The molecular weight excluding hydrogens is 346 g/mol. The molecule has 26 heavy (non-hydrogen) atoms. The zero-order valence-electron chi connectivity index (χ0n) is 13.8. The van der Waals surface area contributed by atoms with Crippen LogP contribution in [0.25, 0.3) is 39.8 Å². The molecule has 0 amide bonds. The van der Waals surface area contributed by atoms with Gasteiger partial charge in [0.25, 0.3) is 0 Å². The molecule has 0 fully saturated rings. The molecule has 5 heteroatoms. The van der Waals surface area contributed by atoms with Gasteiger partial charge < -0.3 is 4.42 Å². The first-order valence-corrected chi connectivity index (χ1v) is 8.85. The van der Waals surface area contributed by atoms with Crippen molar-refractivity contribution in [2.45, 2.75) is 12.8 Å². The Kier molecular flexibility index (Phi) is 3.57. The average Bonchev–Trinajstić information content (AvgIpc) is 3.06. The third kappa shape index (κ3) is 2.59. The molecule has 0 saturated heterocycles. The Morgan fingerprint density at radius 3 is 2.54 bits per heavy atom. The van der Waals surface area contributed by atoms with Crippen LogP contribution in [0.4, 0.5) is 0 Å². The Balaban J connectivity index is 1.66. The summed E-state index contributed by atoms with van der Waals surface area (Å²) in [5.74, 6) is 2.16. The van der Waals surface area contributed by atoms with Gasteiger partial charge in [-0.15, -0.1) is 0 Å².